The second-order valence-corrected chi connectivity index (χ2v) is 8.89. The number of carbonyl (C=O) groups is 2. The fourth-order valence-corrected chi connectivity index (χ4v) is 4.80. The summed E-state index contributed by atoms with van der Waals surface area (Å²) in [5.74, 6) is 0.147. The second kappa shape index (κ2) is 9.01. The summed E-state index contributed by atoms with van der Waals surface area (Å²) in [6.45, 7) is 0. The van der Waals surface area contributed by atoms with Crippen LogP contribution in [0.15, 0.2) is 84.1 Å². The van der Waals surface area contributed by atoms with Crippen molar-refractivity contribution in [2.75, 3.05) is 0 Å². The summed E-state index contributed by atoms with van der Waals surface area (Å²) < 4.78 is 17.3. The third-order valence-corrected chi connectivity index (χ3v) is 6.71. The van der Waals surface area contributed by atoms with Crippen molar-refractivity contribution in [2.24, 2.45) is 5.92 Å². The minimum Gasteiger partial charge on any atom is -0.493 e. The van der Waals surface area contributed by atoms with Crippen LogP contribution in [0.2, 0.25) is 0 Å². The Bertz CT molecular complexity index is 1120. The summed E-state index contributed by atoms with van der Waals surface area (Å²) in [5.41, 5.74) is 2.20. The average Bonchev–Trinajstić information content (AvgIpc) is 3.37. The average molecular weight is 447 g/mol. The molecule has 0 saturated heterocycles. The molecule has 32 heavy (non-hydrogen) atoms. The molecule has 0 bridgehead atoms. The summed E-state index contributed by atoms with van der Waals surface area (Å²) >= 11 is 1.36. The number of benzene rings is 2. The lowest BCUT2D eigenvalue weighted by molar-refractivity contribution is -0.132. The fourth-order valence-electron chi connectivity index (χ4n) is 4.19. The van der Waals surface area contributed by atoms with Crippen LogP contribution in [-0.2, 0) is 14.3 Å². The van der Waals surface area contributed by atoms with Crippen molar-refractivity contribution in [1.82, 2.24) is 0 Å². The number of esters is 1. The topological polar surface area (TPSA) is 61.8 Å². The Morgan fingerprint density at radius 2 is 1.72 bits per heavy atom. The first kappa shape index (κ1) is 20.5. The van der Waals surface area contributed by atoms with E-state index in [-0.39, 0.29) is 35.6 Å². The number of fused-ring (bicyclic) bond motifs is 1. The van der Waals surface area contributed by atoms with Crippen molar-refractivity contribution in [3.05, 3.63) is 89.0 Å². The molecule has 0 radical (unpaired) electrons. The number of carbonyl (C=O) groups excluding carboxylic acids is 2. The zero-order valence-corrected chi connectivity index (χ0v) is 18.1. The number of hydrogen-bond acceptors (Lipinski definition) is 6. The third kappa shape index (κ3) is 4.32. The minimum absolute atomic E-state index is 0.0589. The molecule has 3 atom stereocenters. The summed E-state index contributed by atoms with van der Waals surface area (Å²) in [7, 11) is 0. The molecule has 2 aromatic carbocycles. The molecular formula is C26H22O5S. The van der Waals surface area contributed by atoms with Crippen molar-refractivity contribution >= 4 is 23.1 Å². The molecule has 6 heteroatoms. The van der Waals surface area contributed by atoms with Crippen LogP contribution in [0.5, 0.6) is 5.75 Å². The molecule has 1 saturated carbocycles. The van der Waals surface area contributed by atoms with Gasteiger partial charge in [-0.3, -0.25) is 4.79 Å². The van der Waals surface area contributed by atoms with Gasteiger partial charge in [-0.2, -0.15) is 0 Å². The molecule has 0 spiro atoms. The molecule has 162 valence electrons. The molecule has 3 aromatic rings. The van der Waals surface area contributed by atoms with Crippen LogP contribution in [0.3, 0.4) is 0 Å². The van der Waals surface area contributed by atoms with Crippen LogP contribution < -0.4 is 4.74 Å². The van der Waals surface area contributed by atoms with Crippen molar-refractivity contribution in [2.45, 2.75) is 31.5 Å². The van der Waals surface area contributed by atoms with Gasteiger partial charge in [0.15, 0.2) is 0 Å². The first-order chi connectivity index (χ1) is 15.7. The fraction of sp³-hybridized carbons (Fsp3) is 0.231. The Labute approximate surface area is 190 Å². The number of allylic oxidation sites excluding steroid dienone is 1. The lowest BCUT2D eigenvalue weighted by Gasteiger charge is -2.36. The van der Waals surface area contributed by atoms with E-state index in [9.17, 15) is 9.59 Å². The largest absolute Gasteiger partial charge is 0.493 e. The van der Waals surface area contributed by atoms with E-state index >= 15 is 0 Å². The number of Topliss-reactive ketones (excluding diaryl/α,β-unsaturated/α-hetero) is 1. The van der Waals surface area contributed by atoms with Gasteiger partial charge in [0.2, 0.25) is 11.5 Å². The van der Waals surface area contributed by atoms with Gasteiger partial charge in [-0.15, -0.1) is 11.3 Å². The number of thiophene rings is 1. The summed E-state index contributed by atoms with van der Waals surface area (Å²) in [6, 6.07) is 21.3. The third-order valence-electron chi connectivity index (χ3n) is 5.86. The number of ether oxygens (including phenoxy) is 3. The minimum atomic E-state index is -0.316. The van der Waals surface area contributed by atoms with Crippen molar-refractivity contribution in [3.8, 4) is 16.9 Å². The van der Waals surface area contributed by atoms with Crippen LogP contribution >= 0.6 is 11.3 Å². The van der Waals surface area contributed by atoms with E-state index < -0.39 is 0 Å². The van der Waals surface area contributed by atoms with E-state index in [0.717, 1.165) is 11.1 Å². The van der Waals surface area contributed by atoms with Gasteiger partial charge in [0, 0.05) is 6.42 Å². The maximum Gasteiger partial charge on any atom is 0.348 e. The smallest absolute Gasteiger partial charge is 0.348 e. The first-order valence-corrected chi connectivity index (χ1v) is 11.5. The molecular weight excluding hydrogens is 424 g/mol. The highest BCUT2D eigenvalue weighted by atomic mass is 32.1. The molecule has 1 aromatic heterocycles. The van der Waals surface area contributed by atoms with Crippen LogP contribution in [0.25, 0.3) is 11.1 Å². The van der Waals surface area contributed by atoms with E-state index in [1.54, 1.807) is 6.07 Å². The van der Waals surface area contributed by atoms with Crippen LogP contribution in [0, 0.1) is 5.92 Å². The summed E-state index contributed by atoms with van der Waals surface area (Å²) in [5, 5.41) is 1.85. The van der Waals surface area contributed by atoms with Gasteiger partial charge in [0.1, 0.15) is 29.1 Å². The molecule has 3 unspecified atom stereocenters. The molecule has 0 N–H and O–H groups in total. The Balaban J connectivity index is 1.21. The van der Waals surface area contributed by atoms with Gasteiger partial charge >= 0.3 is 5.97 Å². The highest BCUT2D eigenvalue weighted by Crippen LogP contribution is 2.35. The Hall–Kier alpha value is -3.38. The van der Waals surface area contributed by atoms with Gasteiger partial charge in [-0.1, -0.05) is 48.5 Å². The lowest BCUT2D eigenvalue weighted by Crippen LogP contribution is -2.43. The van der Waals surface area contributed by atoms with Gasteiger partial charge in [0.05, 0.1) is 5.92 Å². The zero-order valence-electron chi connectivity index (χ0n) is 17.3. The zero-order chi connectivity index (χ0) is 21.9. The highest BCUT2D eigenvalue weighted by molar-refractivity contribution is 7.11. The van der Waals surface area contributed by atoms with E-state index in [0.29, 0.717) is 29.9 Å². The van der Waals surface area contributed by atoms with Crippen LogP contribution in [0.1, 0.15) is 28.9 Å². The predicted molar refractivity (Wildman–Crippen MR) is 121 cm³/mol. The molecule has 2 aliphatic rings. The monoisotopic (exact) mass is 446 g/mol. The van der Waals surface area contributed by atoms with Crippen LogP contribution in [0.4, 0.5) is 0 Å². The summed E-state index contributed by atoms with van der Waals surface area (Å²) in [6.07, 6.45) is 2.58. The predicted octanol–water partition coefficient (Wildman–Crippen LogP) is 5.63. The highest BCUT2D eigenvalue weighted by Gasteiger charge is 2.42. The van der Waals surface area contributed by atoms with E-state index in [4.69, 9.17) is 14.2 Å². The molecule has 1 fully saturated rings. The molecule has 0 amide bonds. The Morgan fingerprint density at radius 3 is 2.47 bits per heavy atom. The van der Waals surface area contributed by atoms with E-state index in [2.05, 4.69) is 0 Å². The standard InChI is InChI=1S/C26H22O5S/c27-25-21-13-12-20(31-26(28)24-7-4-14-32-24)15-22(21)29-16-23(25)30-19-10-8-18(9-11-19)17-5-2-1-3-6-17/h1-11,14,16,20-22H,12-13,15H2. The van der Waals surface area contributed by atoms with Crippen LogP contribution in [-0.4, -0.2) is 24.0 Å². The number of rotatable bonds is 5. The van der Waals surface area contributed by atoms with E-state index in [1.165, 1.54) is 17.6 Å². The van der Waals surface area contributed by atoms with E-state index in [1.807, 2.05) is 66.0 Å². The molecule has 1 aliphatic heterocycles. The maximum atomic E-state index is 13.0. The lowest BCUT2D eigenvalue weighted by atomic mass is 9.80. The van der Waals surface area contributed by atoms with Gasteiger partial charge < -0.3 is 14.2 Å². The number of ketones is 1. The quantitative estimate of drug-likeness (QED) is 0.476. The SMILES string of the molecule is O=C(OC1CCC2C(=O)C(Oc3ccc(-c4ccccc4)cc3)=COC2C1)c1cccs1. The Morgan fingerprint density at radius 1 is 0.938 bits per heavy atom. The van der Waals surface area contributed by atoms with Gasteiger partial charge in [-0.05, 0) is 47.5 Å². The normalized spacial score (nSPS) is 22.3. The van der Waals surface area contributed by atoms with Gasteiger partial charge in [-0.25, -0.2) is 4.79 Å². The second-order valence-electron chi connectivity index (χ2n) is 7.94. The Kier molecular flexibility index (Phi) is 5.77. The molecule has 5 rings (SSSR count). The first-order valence-electron chi connectivity index (χ1n) is 10.6. The number of hydrogen-bond donors (Lipinski definition) is 0. The van der Waals surface area contributed by atoms with Gasteiger partial charge in [0.25, 0.3) is 0 Å². The molecule has 2 heterocycles. The molecule has 1 aliphatic carbocycles. The van der Waals surface area contributed by atoms with Crippen molar-refractivity contribution < 1.29 is 23.8 Å². The van der Waals surface area contributed by atoms with Crippen molar-refractivity contribution in [3.63, 3.8) is 0 Å². The van der Waals surface area contributed by atoms with Crippen molar-refractivity contribution in [1.29, 1.82) is 0 Å². The molecule has 5 nitrogen and oxygen atoms in total. The summed E-state index contributed by atoms with van der Waals surface area (Å²) in [4.78, 5) is 25.8. The maximum absolute atomic E-state index is 13.0.